The maximum Gasteiger partial charge on any atom is 0.335 e. The number of hydrogen-bond acceptors (Lipinski definition) is 8. The highest BCUT2D eigenvalue weighted by Gasteiger charge is 2.22. The Hall–Kier alpha value is -5.17. The zero-order valence-corrected chi connectivity index (χ0v) is 20.6. The summed E-state index contributed by atoms with van der Waals surface area (Å²) in [4.78, 5) is 40.8. The summed E-state index contributed by atoms with van der Waals surface area (Å²) in [6.45, 7) is 0. The number of carbonyl (C=O) groups excluding carboxylic acids is 2. The van der Waals surface area contributed by atoms with Gasteiger partial charge in [0.25, 0.3) is 0 Å². The van der Waals surface area contributed by atoms with E-state index in [4.69, 9.17) is 16.7 Å². The minimum atomic E-state index is -1.13. The van der Waals surface area contributed by atoms with Crippen LogP contribution in [-0.4, -0.2) is 59.2 Å². The Morgan fingerprint density at radius 3 is 2.51 bits per heavy atom. The van der Waals surface area contributed by atoms with Crippen LogP contribution in [0.5, 0.6) is 5.88 Å². The van der Waals surface area contributed by atoms with Gasteiger partial charge in [-0.05, 0) is 58.5 Å². The number of anilines is 1. The van der Waals surface area contributed by atoms with E-state index in [1.165, 1.54) is 71.8 Å². The van der Waals surface area contributed by atoms with Crippen LogP contribution in [0.1, 0.15) is 21.5 Å². The molecule has 0 aliphatic heterocycles. The van der Waals surface area contributed by atoms with Crippen LogP contribution in [0.15, 0.2) is 67.1 Å². The molecule has 39 heavy (non-hydrogen) atoms. The maximum absolute atomic E-state index is 14.8. The molecule has 0 fully saturated rings. The van der Waals surface area contributed by atoms with Crippen molar-refractivity contribution in [2.24, 2.45) is 0 Å². The molecule has 0 radical (unpaired) electrons. The van der Waals surface area contributed by atoms with Gasteiger partial charge in [0.2, 0.25) is 17.7 Å². The van der Waals surface area contributed by atoms with Gasteiger partial charge in [0, 0.05) is 36.0 Å². The van der Waals surface area contributed by atoms with Gasteiger partial charge in [-0.15, -0.1) is 5.10 Å². The molecule has 0 unspecified atom stereocenters. The number of rotatable bonds is 9. The van der Waals surface area contributed by atoms with Gasteiger partial charge in [-0.3, -0.25) is 9.59 Å². The third kappa shape index (κ3) is 6.78. The summed E-state index contributed by atoms with van der Waals surface area (Å²) in [5.41, 5.74) is 1.02. The van der Waals surface area contributed by atoms with Crippen LogP contribution >= 0.6 is 11.6 Å². The second kappa shape index (κ2) is 11.9. The van der Waals surface area contributed by atoms with E-state index in [0.717, 1.165) is 6.08 Å². The average Bonchev–Trinajstić information content (AvgIpc) is 3.45. The van der Waals surface area contributed by atoms with Gasteiger partial charge in [0.1, 0.15) is 12.4 Å². The fourth-order valence-corrected chi connectivity index (χ4v) is 3.64. The Bertz CT molecular complexity index is 1530. The minimum absolute atomic E-state index is 0.00664. The second-order valence-corrected chi connectivity index (χ2v) is 8.45. The number of benzene rings is 2. The lowest BCUT2D eigenvalue weighted by atomic mass is 10.1. The molecule has 4 aromatic rings. The molecule has 0 saturated carbocycles. The molecule has 1 atom stereocenters. The zero-order chi connectivity index (χ0) is 27.9. The molecule has 198 valence electrons. The molecule has 14 heteroatoms. The predicted octanol–water partition coefficient (Wildman–Crippen LogP) is 2.63. The molecule has 0 aliphatic carbocycles. The number of nitrogens with one attached hydrogen (secondary N) is 2. The van der Waals surface area contributed by atoms with Gasteiger partial charge in [-0.1, -0.05) is 17.7 Å². The highest BCUT2D eigenvalue weighted by molar-refractivity contribution is 6.31. The number of hydrogen-bond donors (Lipinski definition) is 4. The number of amides is 2. The van der Waals surface area contributed by atoms with Crippen molar-refractivity contribution < 1.29 is 29.0 Å². The molecule has 0 aliphatic rings. The van der Waals surface area contributed by atoms with Crippen LogP contribution < -0.4 is 10.6 Å². The molecule has 4 rings (SSSR count). The number of tetrazole rings is 1. The standard InChI is InChI=1S/C25H19ClFN7O5/c26-18-7-8-20(34-13-29-32-33-34)17(23(18)27)6-10-22(36)31-19(11-14-1-9-21(35)28-12-14)24(37)30-16-4-2-15(3-5-16)25(38)39/h1-10,12-13,19H,11H2,(H,28,35)(H,30,37)(H,31,36)(H,38,39)/b10-6+/t19-/m0/s1. The van der Waals surface area contributed by atoms with Crippen molar-refractivity contribution in [1.82, 2.24) is 30.5 Å². The number of pyridine rings is 1. The molecular weight excluding hydrogens is 533 g/mol. The van der Waals surface area contributed by atoms with E-state index in [0.29, 0.717) is 11.3 Å². The first-order chi connectivity index (χ1) is 18.7. The monoisotopic (exact) mass is 551 g/mol. The Labute approximate surface area is 224 Å². The molecule has 2 amide bonds. The summed E-state index contributed by atoms with van der Waals surface area (Å²) >= 11 is 5.91. The van der Waals surface area contributed by atoms with Crippen molar-refractivity contribution in [3.05, 3.63) is 94.7 Å². The third-order valence-corrected chi connectivity index (χ3v) is 5.68. The van der Waals surface area contributed by atoms with Gasteiger partial charge >= 0.3 is 5.97 Å². The lowest BCUT2D eigenvalue weighted by Crippen LogP contribution is -2.44. The second-order valence-electron chi connectivity index (χ2n) is 8.04. The quantitative estimate of drug-likeness (QED) is 0.228. The van der Waals surface area contributed by atoms with E-state index in [-0.39, 0.29) is 34.1 Å². The van der Waals surface area contributed by atoms with E-state index >= 15 is 0 Å². The lowest BCUT2D eigenvalue weighted by Gasteiger charge is -2.18. The topological polar surface area (TPSA) is 172 Å². The summed E-state index contributed by atoms with van der Waals surface area (Å²) in [7, 11) is 0. The number of carboxylic acid groups (broad SMARTS) is 1. The van der Waals surface area contributed by atoms with Crippen molar-refractivity contribution in [2.75, 3.05) is 5.32 Å². The molecule has 0 bridgehead atoms. The molecule has 2 aromatic heterocycles. The maximum atomic E-state index is 14.8. The van der Waals surface area contributed by atoms with E-state index in [1.807, 2.05) is 0 Å². The SMILES string of the molecule is O=C(/C=C/c1c(-n2cnnn2)ccc(Cl)c1F)N[C@@H](Cc1ccc(O)nc1)C(=O)Nc1ccc(C(=O)O)cc1. The number of aromatic carboxylic acids is 1. The van der Waals surface area contributed by atoms with Crippen molar-refractivity contribution >= 4 is 41.1 Å². The van der Waals surface area contributed by atoms with Crippen LogP contribution in [0.3, 0.4) is 0 Å². The number of carbonyl (C=O) groups is 3. The normalized spacial score (nSPS) is 11.7. The van der Waals surface area contributed by atoms with Gasteiger partial charge < -0.3 is 20.8 Å². The largest absolute Gasteiger partial charge is 0.493 e. The Morgan fingerprint density at radius 2 is 1.87 bits per heavy atom. The zero-order valence-electron chi connectivity index (χ0n) is 19.8. The van der Waals surface area contributed by atoms with E-state index in [2.05, 4.69) is 31.1 Å². The Kier molecular flexibility index (Phi) is 8.21. The molecule has 12 nitrogen and oxygen atoms in total. The third-order valence-electron chi connectivity index (χ3n) is 5.39. The lowest BCUT2D eigenvalue weighted by molar-refractivity contribution is -0.123. The molecule has 2 aromatic carbocycles. The van der Waals surface area contributed by atoms with E-state index < -0.39 is 29.6 Å². The summed E-state index contributed by atoms with van der Waals surface area (Å²) in [6, 6.07) is 9.99. The van der Waals surface area contributed by atoms with Crippen LogP contribution in [0.2, 0.25) is 5.02 Å². The smallest absolute Gasteiger partial charge is 0.335 e. The first kappa shape index (κ1) is 26.9. The summed E-state index contributed by atoms with van der Waals surface area (Å²) in [5, 5.41) is 34.3. The first-order valence-corrected chi connectivity index (χ1v) is 11.6. The van der Waals surface area contributed by atoms with Crippen LogP contribution in [0.25, 0.3) is 11.8 Å². The van der Waals surface area contributed by atoms with Crippen molar-refractivity contribution in [3.63, 3.8) is 0 Å². The van der Waals surface area contributed by atoms with Gasteiger partial charge in [0.15, 0.2) is 5.82 Å². The van der Waals surface area contributed by atoms with Crippen LogP contribution in [0.4, 0.5) is 10.1 Å². The van der Waals surface area contributed by atoms with Crippen molar-refractivity contribution in [1.29, 1.82) is 0 Å². The van der Waals surface area contributed by atoms with E-state index in [1.54, 1.807) is 0 Å². The molecule has 2 heterocycles. The van der Waals surface area contributed by atoms with Gasteiger partial charge in [-0.25, -0.2) is 14.2 Å². The van der Waals surface area contributed by atoms with Gasteiger partial charge in [0.05, 0.1) is 16.3 Å². The number of nitrogens with zero attached hydrogens (tertiary/aromatic N) is 5. The van der Waals surface area contributed by atoms with Gasteiger partial charge in [-0.2, -0.15) is 4.68 Å². The Morgan fingerprint density at radius 1 is 1.10 bits per heavy atom. The number of carboxylic acids is 1. The summed E-state index contributed by atoms with van der Waals surface area (Å²) in [5.74, 6) is -3.49. The number of halogens is 2. The van der Waals surface area contributed by atoms with E-state index in [9.17, 15) is 23.9 Å². The highest BCUT2D eigenvalue weighted by Crippen LogP contribution is 2.25. The molecule has 0 spiro atoms. The highest BCUT2D eigenvalue weighted by atomic mass is 35.5. The fraction of sp³-hybridized carbons (Fsp3) is 0.0800. The average molecular weight is 552 g/mol. The number of aromatic nitrogens is 5. The number of aromatic hydroxyl groups is 1. The van der Waals surface area contributed by atoms with Crippen molar-refractivity contribution in [2.45, 2.75) is 12.5 Å². The molecule has 4 N–H and O–H groups in total. The summed E-state index contributed by atoms with van der Waals surface area (Å²) < 4.78 is 16.0. The first-order valence-electron chi connectivity index (χ1n) is 11.2. The molecule has 0 saturated heterocycles. The van der Waals surface area contributed by atoms with Crippen molar-refractivity contribution in [3.8, 4) is 11.6 Å². The predicted molar refractivity (Wildman–Crippen MR) is 137 cm³/mol. The summed E-state index contributed by atoms with van der Waals surface area (Å²) in [6.07, 6.45) is 4.79. The Balaban J connectivity index is 1.55. The fourth-order valence-electron chi connectivity index (χ4n) is 3.47. The minimum Gasteiger partial charge on any atom is -0.493 e. The van der Waals surface area contributed by atoms with Crippen LogP contribution in [0, 0.1) is 5.82 Å². The van der Waals surface area contributed by atoms with Crippen LogP contribution in [-0.2, 0) is 16.0 Å². The molecular formula is C25H19ClFN7O5.